The lowest BCUT2D eigenvalue weighted by molar-refractivity contribution is -0.161. The van der Waals surface area contributed by atoms with Gasteiger partial charge in [-0.25, -0.2) is 4.79 Å². The minimum absolute atomic E-state index is 0.383. The number of nitrogens with one attached hydrogen (secondary N) is 2. The number of thioether (sulfide) groups is 1. The monoisotopic (exact) mass is 391 g/mol. The van der Waals surface area contributed by atoms with Crippen LogP contribution in [0.3, 0.4) is 0 Å². The van der Waals surface area contributed by atoms with Crippen LogP contribution in [0.4, 0.5) is 0 Å². The number of nitrogens with zero attached hydrogens (tertiary/aromatic N) is 1. The molecule has 0 spiro atoms. The molecule has 27 heavy (non-hydrogen) atoms. The van der Waals surface area contributed by atoms with Crippen molar-refractivity contribution in [2.75, 3.05) is 7.05 Å². The van der Waals surface area contributed by atoms with Crippen molar-refractivity contribution < 1.29 is 24.3 Å². The van der Waals surface area contributed by atoms with E-state index in [1.165, 1.54) is 16.7 Å². The number of aliphatic carboxylic acids is 1. The lowest BCUT2D eigenvalue weighted by Crippen LogP contribution is -2.71. The molecule has 4 atom stereocenters. The second kappa shape index (κ2) is 6.97. The highest BCUT2D eigenvalue weighted by molar-refractivity contribution is 8.01. The van der Waals surface area contributed by atoms with E-state index in [4.69, 9.17) is 0 Å². The second-order valence-corrected chi connectivity index (χ2v) is 8.86. The van der Waals surface area contributed by atoms with Gasteiger partial charge >= 0.3 is 5.97 Å². The molecule has 8 nitrogen and oxygen atoms in total. The van der Waals surface area contributed by atoms with Gasteiger partial charge in [0.05, 0.1) is 0 Å². The third-order valence-corrected chi connectivity index (χ3v) is 6.50. The van der Waals surface area contributed by atoms with Crippen molar-refractivity contribution in [2.45, 2.75) is 42.1 Å². The van der Waals surface area contributed by atoms with E-state index in [9.17, 15) is 24.3 Å². The number of rotatable bonds is 6. The lowest BCUT2D eigenvalue weighted by atomic mass is 9.95. The van der Waals surface area contributed by atoms with Crippen LogP contribution in [-0.4, -0.2) is 63.3 Å². The maximum absolute atomic E-state index is 12.7. The highest BCUT2D eigenvalue weighted by Crippen LogP contribution is 2.50. The van der Waals surface area contributed by atoms with E-state index >= 15 is 0 Å². The van der Waals surface area contributed by atoms with Crippen molar-refractivity contribution in [3.8, 4) is 0 Å². The summed E-state index contributed by atoms with van der Waals surface area (Å²) in [5.41, 5.74) is 1.16. The van der Waals surface area contributed by atoms with Crippen LogP contribution < -0.4 is 10.6 Å². The van der Waals surface area contributed by atoms with E-state index in [1.807, 2.05) is 0 Å². The summed E-state index contributed by atoms with van der Waals surface area (Å²) in [5.74, 6) is -1.81. The maximum atomic E-state index is 12.7. The number of benzene rings is 1. The molecular weight excluding hydrogens is 370 g/mol. The summed E-state index contributed by atoms with van der Waals surface area (Å²) in [6.45, 7) is 3.57. The van der Waals surface area contributed by atoms with Crippen molar-refractivity contribution in [3.05, 3.63) is 35.4 Å². The van der Waals surface area contributed by atoms with Gasteiger partial charge in [0.2, 0.25) is 11.8 Å². The van der Waals surface area contributed by atoms with E-state index in [1.54, 1.807) is 45.2 Å². The van der Waals surface area contributed by atoms with Crippen molar-refractivity contribution in [3.63, 3.8) is 0 Å². The Labute approximate surface area is 160 Å². The number of fused-ring (bicyclic) bond motifs is 1. The summed E-state index contributed by atoms with van der Waals surface area (Å²) in [4.78, 5) is 48.8. The Balaban J connectivity index is 1.73. The zero-order valence-corrected chi connectivity index (χ0v) is 15.9. The predicted octanol–water partition coefficient (Wildman–Crippen LogP) is 0.391. The summed E-state index contributed by atoms with van der Waals surface area (Å²) in [6, 6.07) is 4.22. The first-order valence-corrected chi connectivity index (χ1v) is 9.35. The first-order valence-electron chi connectivity index (χ1n) is 8.47. The van der Waals surface area contributed by atoms with Crippen LogP contribution in [0.5, 0.6) is 0 Å². The first kappa shape index (κ1) is 19.4. The lowest BCUT2D eigenvalue weighted by Gasteiger charge is -2.44. The van der Waals surface area contributed by atoms with Crippen LogP contribution in [0.2, 0.25) is 0 Å². The third kappa shape index (κ3) is 3.21. The van der Waals surface area contributed by atoms with Crippen LogP contribution in [0.15, 0.2) is 24.3 Å². The molecule has 0 saturated carbocycles. The van der Waals surface area contributed by atoms with Crippen molar-refractivity contribution in [1.29, 1.82) is 0 Å². The number of carbonyl (C=O) groups excluding carboxylic acids is 3. The van der Waals surface area contributed by atoms with Crippen molar-refractivity contribution in [2.24, 2.45) is 0 Å². The fourth-order valence-corrected chi connectivity index (χ4v) is 5.22. The Bertz CT molecular complexity index is 795. The van der Waals surface area contributed by atoms with Gasteiger partial charge in [-0.05, 0) is 26.5 Å². The summed E-state index contributed by atoms with van der Waals surface area (Å²) in [7, 11) is 1.63. The number of β-lactam (4-membered cyclic amide) rings is 1. The Hall–Kier alpha value is -2.39. The number of likely N-dealkylation sites (N-methyl/N-ethyl adjacent to an activating group) is 1. The quantitative estimate of drug-likeness (QED) is 0.475. The van der Waals surface area contributed by atoms with Gasteiger partial charge in [-0.15, -0.1) is 11.8 Å². The highest BCUT2D eigenvalue weighted by atomic mass is 32.2. The molecule has 1 aromatic rings. The number of hydrogen-bond acceptors (Lipinski definition) is 6. The van der Waals surface area contributed by atoms with Gasteiger partial charge in [-0.2, -0.15) is 0 Å². The van der Waals surface area contributed by atoms with Crippen LogP contribution in [-0.2, 0) is 14.4 Å². The summed E-state index contributed by atoms with van der Waals surface area (Å²) in [6.07, 6.45) is 0.720. The van der Waals surface area contributed by atoms with Crippen LogP contribution >= 0.6 is 11.8 Å². The first-order chi connectivity index (χ1) is 12.7. The fraction of sp³-hybridized carbons (Fsp3) is 0.444. The highest BCUT2D eigenvalue weighted by Gasteiger charge is 2.64. The second-order valence-electron chi connectivity index (χ2n) is 7.09. The molecular formula is C18H21N3O5S. The van der Waals surface area contributed by atoms with Gasteiger partial charge in [0.25, 0.3) is 0 Å². The van der Waals surface area contributed by atoms with E-state index in [0.717, 1.165) is 6.29 Å². The van der Waals surface area contributed by atoms with Gasteiger partial charge < -0.3 is 20.6 Å². The van der Waals surface area contributed by atoms with Crippen LogP contribution in [0, 0.1) is 0 Å². The van der Waals surface area contributed by atoms with Crippen molar-refractivity contribution in [1.82, 2.24) is 15.5 Å². The minimum Gasteiger partial charge on any atom is -0.480 e. The Morgan fingerprint density at radius 1 is 1.30 bits per heavy atom. The molecule has 2 aliphatic heterocycles. The molecule has 2 aliphatic rings. The smallest absolute Gasteiger partial charge is 0.327 e. The molecule has 2 amide bonds. The van der Waals surface area contributed by atoms with E-state index < -0.39 is 34.2 Å². The van der Waals surface area contributed by atoms with Crippen LogP contribution in [0.1, 0.15) is 35.8 Å². The molecule has 0 radical (unpaired) electrons. The zero-order valence-electron chi connectivity index (χ0n) is 15.1. The molecule has 0 aromatic heterocycles. The van der Waals surface area contributed by atoms with E-state index in [-0.39, 0.29) is 11.8 Å². The van der Waals surface area contributed by atoms with Gasteiger partial charge in [0.1, 0.15) is 29.8 Å². The predicted molar refractivity (Wildman–Crippen MR) is 99.3 cm³/mol. The van der Waals surface area contributed by atoms with Crippen LogP contribution in [0.25, 0.3) is 0 Å². The topological polar surface area (TPSA) is 116 Å². The molecule has 0 aliphatic carbocycles. The summed E-state index contributed by atoms with van der Waals surface area (Å²) >= 11 is 1.38. The maximum Gasteiger partial charge on any atom is 0.327 e. The Morgan fingerprint density at radius 2 is 1.93 bits per heavy atom. The zero-order chi connectivity index (χ0) is 19.9. The normalized spacial score (nSPS) is 26.7. The van der Waals surface area contributed by atoms with Gasteiger partial charge in [0, 0.05) is 10.3 Å². The number of aldehydes is 1. The molecule has 2 heterocycles. The number of hydrogen-bond donors (Lipinski definition) is 3. The third-order valence-electron chi connectivity index (χ3n) is 4.93. The fourth-order valence-electron chi connectivity index (χ4n) is 3.60. The number of carbonyl (C=O) groups is 4. The SMILES string of the molecule is CNC(C(=O)NC1C(=O)N2C1SC(C)(C)C2C(=O)O)c1ccc(C=O)cc1. The minimum atomic E-state index is -1.04. The average Bonchev–Trinajstić information content (AvgIpc) is 2.89. The molecule has 4 unspecified atom stereocenters. The van der Waals surface area contributed by atoms with E-state index in [2.05, 4.69) is 10.6 Å². The van der Waals surface area contributed by atoms with E-state index in [0.29, 0.717) is 11.1 Å². The standard InChI is InChI=1S/C18H21N3O5S/c1-18(2)13(17(25)26)21-15(24)12(16(21)27-18)20-14(23)11(19-3)10-6-4-9(8-22)5-7-10/h4-8,11-13,16,19H,1-3H3,(H,20,23)(H,25,26). The van der Waals surface area contributed by atoms with Gasteiger partial charge in [-0.3, -0.25) is 14.4 Å². The molecule has 0 bridgehead atoms. The molecule has 144 valence electrons. The molecule has 3 rings (SSSR count). The van der Waals surface area contributed by atoms with Gasteiger partial charge in [-0.1, -0.05) is 24.3 Å². The number of carboxylic acids is 1. The molecule has 2 saturated heterocycles. The number of amides is 2. The largest absolute Gasteiger partial charge is 0.480 e. The summed E-state index contributed by atoms with van der Waals surface area (Å²) in [5, 5.41) is 14.7. The average molecular weight is 391 g/mol. The van der Waals surface area contributed by atoms with Gasteiger partial charge in [0.15, 0.2) is 0 Å². The Kier molecular flexibility index (Phi) is 5.00. The molecule has 1 aromatic carbocycles. The molecule has 9 heteroatoms. The summed E-state index contributed by atoms with van der Waals surface area (Å²) < 4.78 is -0.640. The molecule has 3 N–H and O–H groups in total. The Morgan fingerprint density at radius 3 is 2.44 bits per heavy atom. The van der Waals surface area contributed by atoms with Crippen molar-refractivity contribution >= 4 is 35.8 Å². The molecule has 2 fully saturated rings. The number of carboxylic acid groups (broad SMARTS) is 1.